The molecule has 5 nitrogen and oxygen atoms in total. The van der Waals surface area contributed by atoms with E-state index in [-0.39, 0.29) is 9.77 Å². The number of aryl methyl sites for hydroxylation is 1. The zero-order valence-corrected chi connectivity index (χ0v) is 13.5. The third-order valence-electron chi connectivity index (χ3n) is 2.54. The van der Waals surface area contributed by atoms with E-state index in [9.17, 15) is 13.2 Å². The van der Waals surface area contributed by atoms with Crippen molar-refractivity contribution in [2.75, 3.05) is 4.72 Å². The Morgan fingerprint density at radius 2 is 2.05 bits per heavy atom. The fraction of sp³-hybridized carbons (Fsp3) is 0.0833. The minimum absolute atomic E-state index is 0.0173. The third kappa shape index (κ3) is 3.20. The van der Waals surface area contributed by atoms with Crippen LogP contribution in [0.4, 0.5) is 5.69 Å². The summed E-state index contributed by atoms with van der Waals surface area (Å²) in [7, 11) is -3.79. The van der Waals surface area contributed by atoms with Crippen molar-refractivity contribution in [2.24, 2.45) is 0 Å². The Hall–Kier alpha value is -1.38. The zero-order valence-electron chi connectivity index (χ0n) is 10.3. The molecule has 2 aromatic rings. The van der Waals surface area contributed by atoms with Crippen LogP contribution in [0.2, 0.25) is 0 Å². The van der Waals surface area contributed by atoms with Crippen LogP contribution in [0.1, 0.15) is 15.2 Å². The lowest BCUT2D eigenvalue weighted by Gasteiger charge is -2.09. The van der Waals surface area contributed by atoms with E-state index in [0.29, 0.717) is 5.69 Å². The summed E-state index contributed by atoms with van der Waals surface area (Å²) in [5, 5.41) is 10.1. The molecule has 106 valence electrons. The van der Waals surface area contributed by atoms with Gasteiger partial charge in [-0.25, -0.2) is 13.2 Å². The number of nitrogens with one attached hydrogen (secondary N) is 1. The van der Waals surface area contributed by atoms with E-state index in [2.05, 4.69) is 20.7 Å². The molecule has 0 unspecified atom stereocenters. The van der Waals surface area contributed by atoms with Gasteiger partial charge in [0.2, 0.25) is 0 Å². The lowest BCUT2D eigenvalue weighted by Crippen LogP contribution is -2.13. The zero-order chi connectivity index (χ0) is 14.9. The molecule has 2 N–H and O–H groups in total. The first-order chi connectivity index (χ1) is 9.29. The number of carbonyl (C=O) groups is 1. The van der Waals surface area contributed by atoms with Crippen LogP contribution in [0.15, 0.2) is 39.0 Å². The van der Waals surface area contributed by atoms with Gasteiger partial charge < -0.3 is 5.11 Å². The number of benzene rings is 1. The molecule has 2 rings (SSSR count). The second kappa shape index (κ2) is 5.55. The Morgan fingerprint density at radius 1 is 1.35 bits per heavy atom. The molecular formula is C12H10BrNO4S2. The molecule has 0 aliphatic carbocycles. The molecular weight excluding hydrogens is 366 g/mol. The molecule has 0 saturated heterocycles. The highest BCUT2D eigenvalue weighted by Gasteiger charge is 2.19. The van der Waals surface area contributed by atoms with Crippen molar-refractivity contribution in [1.82, 2.24) is 0 Å². The summed E-state index contributed by atoms with van der Waals surface area (Å²) >= 11 is 4.15. The number of anilines is 1. The van der Waals surface area contributed by atoms with Crippen molar-refractivity contribution in [2.45, 2.75) is 11.8 Å². The van der Waals surface area contributed by atoms with E-state index in [1.165, 1.54) is 5.38 Å². The van der Waals surface area contributed by atoms with Gasteiger partial charge in [-0.05, 0) is 30.7 Å². The van der Waals surface area contributed by atoms with Gasteiger partial charge in [0, 0.05) is 9.85 Å². The fourth-order valence-electron chi connectivity index (χ4n) is 1.48. The molecule has 1 aromatic carbocycles. The number of hydrogen-bond donors (Lipinski definition) is 2. The Labute approximate surface area is 128 Å². The summed E-state index contributed by atoms with van der Waals surface area (Å²) in [4.78, 5) is 10.7. The first kappa shape index (κ1) is 15.0. The van der Waals surface area contributed by atoms with E-state index in [1.54, 1.807) is 25.1 Å². The molecule has 0 aliphatic heterocycles. The molecule has 1 heterocycles. The van der Waals surface area contributed by atoms with Gasteiger partial charge in [-0.3, -0.25) is 4.72 Å². The van der Waals surface area contributed by atoms with Crippen molar-refractivity contribution >= 4 is 48.9 Å². The molecule has 0 bridgehead atoms. The van der Waals surface area contributed by atoms with Crippen molar-refractivity contribution in [3.05, 3.63) is 44.6 Å². The van der Waals surface area contributed by atoms with Crippen LogP contribution in [0.5, 0.6) is 0 Å². The SMILES string of the molecule is Cc1ccc(Br)cc1NS(=O)(=O)c1csc(C(=O)O)c1. The summed E-state index contributed by atoms with van der Waals surface area (Å²) in [5.41, 5.74) is 1.22. The number of sulfonamides is 1. The second-order valence-electron chi connectivity index (χ2n) is 4.02. The van der Waals surface area contributed by atoms with Gasteiger partial charge in [0.25, 0.3) is 10.0 Å². The Kier molecular flexibility index (Phi) is 4.17. The van der Waals surface area contributed by atoms with E-state index in [1.807, 2.05) is 0 Å². The average molecular weight is 376 g/mol. The van der Waals surface area contributed by atoms with Crippen LogP contribution in [0.3, 0.4) is 0 Å². The van der Waals surface area contributed by atoms with Crippen molar-refractivity contribution in [3.63, 3.8) is 0 Å². The van der Waals surface area contributed by atoms with Gasteiger partial charge in [-0.2, -0.15) is 0 Å². The Bertz CT molecular complexity index is 768. The maximum Gasteiger partial charge on any atom is 0.345 e. The van der Waals surface area contributed by atoms with Crippen LogP contribution in [0.25, 0.3) is 0 Å². The number of aromatic carboxylic acids is 1. The van der Waals surface area contributed by atoms with Crippen LogP contribution >= 0.6 is 27.3 Å². The third-order valence-corrected chi connectivity index (χ3v) is 5.45. The molecule has 0 radical (unpaired) electrons. The predicted molar refractivity (Wildman–Crippen MR) is 81.0 cm³/mol. The summed E-state index contributed by atoms with van der Waals surface area (Å²) in [5.74, 6) is -1.14. The first-order valence-electron chi connectivity index (χ1n) is 5.40. The predicted octanol–water partition coefficient (Wildman–Crippen LogP) is 3.32. The lowest BCUT2D eigenvalue weighted by molar-refractivity contribution is 0.0702. The highest BCUT2D eigenvalue weighted by Crippen LogP contribution is 2.25. The van der Waals surface area contributed by atoms with Crippen LogP contribution in [0, 0.1) is 6.92 Å². The summed E-state index contributed by atoms with van der Waals surface area (Å²) < 4.78 is 27.6. The minimum Gasteiger partial charge on any atom is -0.477 e. The Morgan fingerprint density at radius 3 is 2.65 bits per heavy atom. The molecule has 8 heteroatoms. The maximum atomic E-state index is 12.2. The van der Waals surface area contributed by atoms with E-state index < -0.39 is 16.0 Å². The minimum atomic E-state index is -3.79. The highest BCUT2D eigenvalue weighted by atomic mass is 79.9. The van der Waals surface area contributed by atoms with Gasteiger partial charge >= 0.3 is 5.97 Å². The fourth-order valence-corrected chi connectivity index (χ4v) is 4.07. The van der Waals surface area contributed by atoms with Crippen molar-refractivity contribution < 1.29 is 18.3 Å². The van der Waals surface area contributed by atoms with E-state index in [4.69, 9.17) is 5.11 Å². The number of halogens is 1. The topological polar surface area (TPSA) is 83.5 Å². The van der Waals surface area contributed by atoms with Crippen LogP contribution in [-0.4, -0.2) is 19.5 Å². The number of thiophene rings is 1. The van der Waals surface area contributed by atoms with Gasteiger partial charge in [0.1, 0.15) is 4.88 Å². The molecule has 0 amide bonds. The molecule has 1 aromatic heterocycles. The van der Waals surface area contributed by atoms with Gasteiger partial charge in [0.05, 0.1) is 10.6 Å². The molecule has 0 atom stereocenters. The summed E-state index contributed by atoms with van der Waals surface area (Å²) in [6.07, 6.45) is 0. The Balaban J connectivity index is 2.35. The number of carboxylic acid groups (broad SMARTS) is 1. The average Bonchev–Trinajstić information content (AvgIpc) is 2.84. The number of rotatable bonds is 4. The number of carboxylic acids is 1. The second-order valence-corrected chi connectivity index (χ2v) is 7.53. The molecule has 0 saturated carbocycles. The summed E-state index contributed by atoms with van der Waals surface area (Å²) in [6.45, 7) is 1.78. The standard InChI is InChI=1S/C12H10BrNO4S2/c1-7-2-3-8(13)4-10(7)14-20(17,18)9-5-11(12(15)16)19-6-9/h2-6,14H,1H3,(H,15,16). The van der Waals surface area contributed by atoms with Crippen LogP contribution in [-0.2, 0) is 10.0 Å². The van der Waals surface area contributed by atoms with E-state index >= 15 is 0 Å². The van der Waals surface area contributed by atoms with Gasteiger partial charge in [-0.1, -0.05) is 22.0 Å². The molecule has 0 spiro atoms. The molecule has 20 heavy (non-hydrogen) atoms. The van der Waals surface area contributed by atoms with Crippen molar-refractivity contribution in [3.8, 4) is 0 Å². The summed E-state index contributed by atoms with van der Waals surface area (Å²) in [6, 6.07) is 6.37. The quantitative estimate of drug-likeness (QED) is 0.858. The van der Waals surface area contributed by atoms with E-state index in [0.717, 1.165) is 27.4 Å². The largest absolute Gasteiger partial charge is 0.477 e. The first-order valence-corrected chi connectivity index (χ1v) is 8.56. The lowest BCUT2D eigenvalue weighted by atomic mass is 10.2. The van der Waals surface area contributed by atoms with Gasteiger partial charge in [-0.15, -0.1) is 11.3 Å². The molecule has 0 fully saturated rings. The number of hydrogen-bond acceptors (Lipinski definition) is 4. The monoisotopic (exact) mass is 375 g/mol. The smallest absolute Gasteiger partial charge is 0.345 e. The van der Waals surface area contributed by atoms with Crippen LogP contribution < -0.4 is 4.72 Å². The molecule has 0 aliphatic rings. The maximum absolute atomic E-state index is 12.2. The van der Waals surface area contributed by atoms with Gasteiger partial charge in [0.15, 0.2) is 0 Å². The normalized spacial score (nSPS) is 11.3. The van der Waals surface area contributed by atoms with Crippen molar-refractivity contribution in [1.29, 1.82) is 0 Å². The highest BCUT2D eigenvalue weighted by molar-refractivity contribution is 9.10.